The summed E-state index contributed by atoms with van der Waals surface area (Å²) in [7, 11) is 1.32. The van der Waals surface area contributed by atoms with Gasteiger partial charge >= 0.3 is 5.97 Å². The molecule has 3 aromatic rings. The maximum Gasteiger partial charge on any atom is 0.328 e. The number of carbonyl (C=O) groups excluding carboxylic acids is 2. The molecule has 1 atom stereocenters. The molecule has 6 heteroatoms. The molecule has 1 aromatic heterocycles. The third-order valence-electron chi connectivity index (χ3n) is 4.48. The van der Waals surface area contributed by atoms with Gasteiger partial charge in [0.05, 0.1) is 13.7 Å². The molecule has 0 saturated carbocycles. The highest BCUT2D eigenvalue weighted by Crippen LogP contribution is 2.19. The molecule has 2 N–H and O–H groups in total. The van der Waals surface area contributed by atoms with Crippen LogP contribution in [0.5, 0.6) is 5.75 Å². The fourth-order valence-corrected chi connectivity index (χ4v) is 3.06. The van der Waals surface area contributed by atoms with Crippen molar-refractivity contribution in [3.05, 3.63) is 66.4 Å². The Kier molecular flexibility index (Phi) is 6.68. The molecule has 1 heterocycles. The van der Waals surface area contributed by atoms with Gasteiger partial charge in [0, 0.05) is 29.9 Å². The van der Waals surface area contributed by atoms with Crippen LogP contribution < -0.4 is 10.1 Å². The van der Waals surface area contributed by atoms with Gasteiger partial charge in [-0.1, -0.05) is 36.4 Å². The lowest BCUT2D eigenvalue weighted by molar-refractivity contribution is -0.145. The van der Waals surface area contributed by atoms with E-state index in [-0.39, 0.29) is 12.3 Å². The van der Waals surface area contributed by atoms with Gasteiger partial charge in [-0.25, -0.2) is 4.79 Å². The first-order valence-electron chi connectivity index (χ1n) is 9.27. The lowest BCUT2D eigenvalue weighted by atomic mass is 10.0. The van der Waals surface area contributed by atoms with Crippen LogP contribution in [-0.2, 0) is 20.7 Å². The summed E-state index contributed by atoms with van der Waals surface area (Å²) in [6.07, 6.45) is 3.05. The zero-order chi connectivity index (χ0) is 19.8. The molecular formula is C22H24N2O4. The third kappa shape index (κ3) is 5.13. The Balaban J connectivity index is 1.53. The Hall–Kier alpha value is -3.28. The smallest absolute Gasteiger partial charge is 0.328 e. The van der Waals surface area contributed by atoms with E-state index >= 15 is 0 Å². The predicted octanol–water partition coefficient (Wildman–Crippen LogP) is 3.23. The number of aromatic nitrogens is 1. The van der Waals surface area contributed by atoms with Gasteiger partial charge in [-0.3, -0.25) is 4.79 Å². The normalized spacial score (nSPS) is 11.8. The second-order valence-electron chi connectivity index (χ2n) is 6.47. The average molecular weight is 380 g/mol. The lowest BCUT2D eigenvalue weighted by Crippen LogP contribution is -2.43. The van der Waals surface area contributed by atoms with E-state index in [0.717, 1.165) is 22.2 Å². The van der Waals surface area contributed by atoms with Gasteiger partial charge in [0.25, 0.3) is 0 Å². The topological polar surface area (TPSA) is 80.4 Å². The van der Waals surface area contributed by atoms with Gasteiger partial charge in [-0.2, -0.15) is 0 Å². The van der Waals surface area contributed by atoms with Crippen molar-refractivity contribution in [2.45, 2.75) is 25.3 Å². The van der Waals surface area contributed by atoms with Crippen LogP contribution in [0.1, 0.15) is 18.4 Å². The van der Waals surface area contributed by atoms with Crippen LogP contribution in [-0.4, -0.2) is 36.6 Å². The summed E-state index contributed by atoms with van der Waals surface area (Å²) in [6, 6.07) is 16.6. The molecule has 0 fully saturated rings. The van der Waals surface area contributed by atoms with Crippen molar-refractivity contribution >= 4 is 22.8 Å². The van der Waals surface area contributed by atoms with Crippen LogP contribution >= 0.6 is 0 Å². The molecule has 0 aliphatic rings. The largest absolute Gasteiger partial charge is 0.494 e. The minimum absolute atomic E-state index is 0.202. The van der Waals surface area contributed by atoms with E-state index in [1.54, 1.807) is 0 Å². The number of ether oxygens (including phenoxy) is 2. The molecule has 3 rings (SSSR count). The molecule has 28 heavy (non-hydrogen) atoms. The van der Waals surface area contributed by atoms with E-state index in [9.17, 15) is 9.59 Å². The van der Waals surface area contributed by atoms with Crippen molar-refractivity contribution in [2.24, 2.45) is 0 Å². The van der Waals surface area contributed by atoms with Crippen LogP contribution in [0.2, 0.25) is 0 Å². The first kappa shape index (κ1) is 19.5. The summed E-state index contributed by atoms with van der Waals surface area (Å²) in [6.45, 7) is 0.433. The van der Waals surface area contributed by atoms with E-state index < -0.39 is 12.0 Å². The molecular weight excluding hydrogens is 356 g/mol. The summed E-state index contributed by atoms with van der Waals surface area (Å²) >= 11 is 0. The second kappa shape index (κ2) is 9.60. The maximum absolute atomic E-state index is 12.3. The number of benzene rings is 2. The minimum atomic E-state index is -0.730. The Morgan fingerprint density at radius 1 is 1.07 bits per heavy atom. The minimum Gasteiger partial charge on any atom is -0.494 e. The highest BCUT2D eigenvalue weighted by molar-refractivity contribution is 5.87. The Morgan fingerprint density at radius 2 is 1.82 bits per heavy atom. The van der Waals surface area contributed by atoms with Gasteiger partial charge < -0.3 is 19.8 Å². The summed E-state index contributed by atoms with van der Waals surface area (Å²) in [5, 5.41) is 3.82. The molecule has 2 aromatic carbocycles. The van der Waals surface area contributed by atoms with Crippen molar-refractivity contribution in [2.75, 3.05) is 13.7 Å². The molecule has 0 radical (unpaired) electrons. The van der Waals surface area contributed by atoms with Crippen LogP contribution in [0.25, 0.3) is 10.9 Å². The van der Waals surface area contributed by atoms with Gasteiger partial charge in [0.15, 0.2) is 0 Å². The number of para-hydroxylation sites is 2. The van der Waals surface area contributed by atoms with E-state index in [1.807, 2.05) is 60.8 Å². The highest BCUT2D eigenvalue weighted by Gasteiger charge is 2.23. The van der Waals surface area contributed by atoms with E-state index in [0.29, 0.717) is 19.4 Å². The molecule has 0 spiro atoms. The van der Waals surface area contributed by atoms with Crippen molar-refractivity contribution < 1.29 is 19.1 Å². The number of methoxy groups -OCH3 is 1. The van der Waals surface area contributed by atoms with Crippen LogP contribution in [0.4, 0.5) is 0 Å². The maximum atomic E-state index is 12.3. The summed E-state index contributed by atoms with van der Waals surface area (Å²) in [5.41, 5.74) is 1.95. The van der Waals surface area contributed by atoms with Crippen molar-refractivity contribution in [3.8, 4) is 5.75 Å². The van der Waals surface area contributed by atoms with Gasteiger partial charge in [0.2, 0.25) is 5.91 Å². The van der Waals surface area contributed by atoms with Crippen LogP contribution in [0, 0.1) is 0 Å². The first-order chi connectivity index (χ1) is 13.7. The molecule has 0 bridgehead atoms. The SMILES string of the molecule is COC(=O)C(Cc1c[nH]c2ccccc12)NC(=O)CCCOc1ccccc1. The average Bonchev–Trinajstić information content (AvgIpc) is 3.14. The van der Waals surface area contributed by atoms with Gasteiger partial charge in [-0.15, -0.1) is 0 Å². The van der Waals surface area contributed by atoms with Gasteiger partial charge in [0.1, 0.15) is 11.8 Å². The molecule has 0 saturated heterocycles. The number of fused-ring (bicyclic) bond motifs is 1. The summed E-state index contributed by atoms with van der Waals surface area (Å²) in [5.74, 6) is 0.112. The fraction of sp³-hybridized carbons (Fsp3) is 0.273. The van der Waals surface area contributed by atoms with Crippen molar-refractivity contribution in [1.29, 1.82) is 0 Å². The first-order valence-corrected chi connectivity index (χ1v) is 9.27. The number of rotatable bonds is 9. The van der Waals surface area contributed by atoms with Crippen LogP contribution in [0.15, 0.2) is 60.8 Å². The predicted molar refractivity (Wildman–Crippen MR) is 107 cm³/mol. The van der Waals surface area contributed by atoms with Gasteiger partial charge in [-0.05, 0) is 30.2 Å². The molecule has 6 nitrogen and oxygen atoms in total. The Morgan fingerprint density at radius 3 is 2.61 bits per heavy atom. The van der Waals surface area contributed by atoms with Crippen molar-refractivity contribution in [3.63, 3.8) is 0 Å². The fourth-order valence-electron chi connectivity index (χ4n) is 3.06. The van der Waals surface area contributed by atoms with E-state index in [4.69, 9.17) is 9.47 Å². The monoisotopic (exact) mass is 380 g/mol. The number of esters is 1. The number of hydrogen-bond acceptors (Lipinski definition) is 4. The van der Waals surface area contributed by atoms with E-state index in [2.05, 4.69) is 10.3 Å². The second-order valence-corrected chi connectivity index (χ2v) is 6.47. The zero-order valence-electron chi connectivity index (χ0n) is 15.8. The molecule has 0 aliphatic heterocycles. The molecule has 1 amide bonds. The lowest BCUT2D eigenvalue weighted by Gasteiger charge is -2.16. The van der Waals surface area contributed by atoms with E-state index in [1.165, 1.54) is 7.11 Å². The summed E-state index contributed by atoms with van der Waals surface area (Å²) < 4.78 is 10.5. The third-order valence-corrected chi connectivity index (χ3v) is 4.48. The number of H-pyrrole nitrogens is 1. The molecule has 1 unspecified atom stereocenters. The van der Waals surface area contributed by atoms with Crippen molar-refractivity contribution in [1.82, 2.24) is 10.3 Å². The molecule has 0 aliphatic carbocycles. The highest BCUT2D eigenvalue weighted by atomic mass is 16.5. The van der Waals surface area contributed by atoms with Crippen LogP contribution in [0.3, 0.4) is 0 Å². The Labute approximate surface area is 163 Å². The molecule has 146 valence electrons. The number of amides is 1. The standard InChI is InChI=1S/C22H24N2O4/c1-27-22(26)20(14-16-15-23-19-11-6-5-10-18(16)19)24-21(25)12-7-13-28-17-8-3-2-4-9-17/h2-6,8-11,15,20,23H,7,12-14H2,1H3,(H,24,25). The Bertz CT molecular complexity index is 920. The number of hydrogen-bond donors (Lipinski definition) is 2. The quantitative estimate of drug-likeness (QED) is 0.441. The summed E-state index contributed by atoms with van der Waals surface area (Å²) in [4.78, 5) is 27.6. The number of aromatic amines is 1. The number of carbonyl (C=O) groups is 2. The zero-order valence-corrected chi connectivity index (χ0v) is 15.8. The number of nitrogens with one attached hydrogen (secondary N) is 2.